The second-order valence-electron chi connectivity index (χ2n) is 6.40. The van der Waals surface area contributed by atoms with Gasteiger partial charge >= 0.3 is 0 Å². The third-order valence-corrected chi connectivity index (χ3v) is 4.31. The minimum atomic E-state index is -0.736. The Morgan fingerprint density at radius 3 is 2.62 bits per heavy atom. The minimum absolute atomic E-state index is 0.0426. The minimum Gasteiger partial charge on any atom is -0.507 e. The Labute approximate surface area is 151 Å². The molecule has 0 saturated carbocycles. The first-order valence-corrected chi connectivity index (χ1v) is 8.37. The second-order valence-corrected chi connectivity index (χ2v) is 6.40. The maximum Gasteiger partial charge on any atom is 0.295 e. The second kappa shape index (κ2) is 7.53. The summed E-state index contributed by atoms with van der Waals surface area (Å²) in [7, 11) is 3.89. The fraction of sp³-hybridized carbons (Fsp3) is 0.316. The molecule has 7 nitrogen and oxygen atoms in total. The van der Waals surface area contributed by atoms with Crippen molar-refractivity contribution in [3.63, 3.8) is 0 Å². The molecule has 1 saturated heterocycles. The number of amides is 1. The molecule has 136 valence electrons. The smallest absolute Gasteiger partial charge is 0.295 e. The largest absolute Gasteiger partial charge is 0.507 e. The van der Waals surface area contributed by atoms with E-state index in [2.05, 4.69) is 4.98 Å². The van der Waals surface area contributed by atoms with Crippen LogP contribution < -0.4 is 0 Å². The first-order chi connectivity index (χ1) is 12.5. The van der Waals surface area contributed by atoms with Crippen molar-refractivity contribution in [1.29, 1.82) is 0 Å². The number of aliphatic hydroxyl groups excluding tert-OH is 1. The number of hydrogen-bond donors (Lipinski definition) is 1. The molecular weight excluding hydrogens is 334 g/mol. The highest BCUT2D eigenvalue weighted by atomic mass is 16.3. The topological polar surface area (TPSA) is 86.9 Å². The van der Waals surface area contributed by atoms with E-state index in [1.54, 1.807) is 24.3 Å². The molecule has 2 aromatic rings. The van der Waals surface area contributed by atoms with E-state index in [0.717, 1.165) is 6.54 Å². The Hall–Kier alpha value is -2.93. The number of nitrogens with zero attached hydrogens (tertiary/aromatic N) is 3. The lowest BCUT2D eigenvalue weighted by Gasteiger charge is -2.23. The van der Waals surface area contributed by atoms with Crippen LogP contribution in [0.5, 0.6) is 0 Å². The molecule has 0 bridgehead atoms. The number of ketones is 1. The molecule has 3 rings (SSSR count). The Morgan fingerprint density at radius 2 is 2.00 bits per heavy atom. The highest BCUT2D eigenvalue weighted by molar-refractivity contribution is 6.46. The summed E-state index contributed by atoms with van der Waals surface area (Å²) in [6, 6.07) is 5.85. The molecule has 0 aliphatic carbocycles. The van der Waals surface area contributed by atoms with E-state index < -0.39 is 17.7 Å². The maximum absolute atomic E-state index is 12.7. The molecule has 1 aliphatic heterocycles. The fourth-order valence-corrected chi connectivity index (χ4v) is 3.08. The standard InChI is InChI=1S/C19H21N3O4/c1-21(2)10-4-11-22-16(14-5-3-12-26-14)15(18(24)19(22)25)17(23)13-6-8-20-9-7-13/h3,5-9,12,16,23H,4,10-11H2,1-2H3/b17-15+/t16-/m0/s1. The third-order valence-electron chi connectivity index (χ3n) is 4.31. The van der Waals surface area contributed by atoms with Gasteiger partial charge in [-0.25, -0.2) is 0 Å². The zero-order chi connectivity index (χ0) is 18.7. The van der Waals surface area contributed by atoms with Gasteiger partial charge in [0.1, 0.15) is 17.6 Å². The van der Waals surface area contributed by atoms with Crippen molar-refractivity contribution in [2.75, 3.05) is 27.2 Å². The molecule has 0 aromatic carbocycles. The van der Waals surface area contributed by atoms with Gasteiger partial charge in [0.05, 0.1) is 11.8 Å². The Bertz CT molecular complexity index is 813. The summed E-state index contributed by atoms with van der Waals surface area (Å²) in [6.45, 7) is 1.17. The van der Waals surface area contributed by atoms with E-state index >= 15 is 0 Å². The third kappa shape index (κ3) is 3.39. The number of carbonyl (C=O) groups is 2. The number of aliphatic hydroxyl groups is 1. The predicted octanol–water partition coefficient (Wildman–Crippen LogP) is 2.05. The van der Waals surface area contributed by atoms with Crippen LogP contribution in [0, 0.1) is 0 Å². The van der Waals surface area contributed by atoms with Crippen LogP contribution in [-0.2, 0) is 9.59 Å². The van der Waals surface area contributed by atoms with Gasteiger partial charge in [-0.3, -0.25) is 14.6 Å². The van der Waals surface area contributed by atoms with Gasteiger partial charge < -0.3 is 19.3 Å². The zero-order valence-corrected chi connectivity index (χ0v) is 14.8. The van der Waals surface area contributed by atoms with Gasteiger partial charge in [0.25, 0.3) is 11.7 Å². The van der Waals surface area contributed by atoms with E-state index in [4.69, 9.17) is 4.42 Å². The monoisotopic (exact) mass is 355 g/mol. The van der Waals surface area contributed by atoms with Crippen LogP contribution in [0.4, 0.5) is 0 Å². The van der Waals surface area contributed by atoms with Crippen molar-refractivity contribution in [3.8, 4) is 0 Å². The van der Waals surface area contributed by atoms with Crippen molar-refractivity contribution in [2.45, 2.75) is 12.5 Å². The van der Waals surface area contributed by atoms with Gasteiger partial charge in [-0.1, -0.05) is 0 Å². The van der Waals surface area contributed by atoms with Crippen molar-refractivity contribution >= 4 is 17.4 Å². The lowest BCUT2D eigenvalue weighted by Crippen LogP contribution is -2.32. The van der Waals surface area contributed by atoms with Gasteiger partial charge in [0.15, 0.2) is 0 Å². The number of carbonyl (C=O) groups excluding carboxylic acids is 2. The molecule has 0 radical (unpaired) electrons. The van der Waals surface area contributed by atoms with Gasteiger partial charge in [-0.2, -0.15) is 0 Å². The number of likely N-dealkylation sites (tertiary alicyclic amines) is 1. The molecule has 1 aliphatic rings. The molecular formula is C19H21N3O4. The number of aromatic nitrogens is 1. The first-order valence-electron chi connectivity index (χ1n) is 8.37. The number of hydrogen-bond acceptors (Lipinski definition) is 6. The van der Waals surface area contributed by atoms with Crippen LogP contribution in [0.3, 0.4) is 0 Å². The van der Waals surface area contributed by atoms with Gasteiger partial charge in [-0.15, -0.1) is 0 Å². The SMILES string of the molecule is CN(C)CCCN1C(=O)C(=O)/C(=C(/O)c2ccncc2)[C@@H]1c1ccco1. The molecule has 1 N–H and O–H groups in total. The number of pyridine rings is 1. The zero-order valence-electron chi connectivity index (χ0n) is 14.8. The van der Waals surface area contributed by atoms with Crippen molar-refractivity contribution in [1.82, 2.24) is 14.8 Å². The highest BCUT2D eigenvalue weighted by Gasteiger charge is 2.47. The first kappa shape index (κ1) is 17.9. The summed E-state index contributed by atoms with van der Waals surface area (Å²) < 4.78 is 5.47. The average Bonchev–Trinajstić information content (AvgIpc) is 3.24. The summed E-state index contributed by atoms with van der Waals surface area (Å²) >= 11 is 0. The summed E-state index contributed by atoms with van der Waals surface area (Å²) in [5, 5.41) is 10.7. The fourth-order valence-electron chi connectivity index (χ4n) is 3.08. The number of Topliss-reactive ketones (excluding diaryl/α,β-unsaturated/α-hetero) is 1. The normalized spacial score (nSPS) is 19.5. The summed E-state index contributed by atoms with van der Waals surface area (Å²) in [5.41, 5.74) is 0.476. The van der Waals surface area contributed by atoms with Crippen molar-refractivity contribution in [3.05, 3.63) is 59.8 Å². The van der Waals surface area contributed by atoms with E-state index in [0.29, 0.717) is 24.3 Å². The molecule has 1 fully saturated rings. The summed E-state index contributed by atoms with van der Waals surface area (Å²) in [4.78, 5) is 32.6. The van der Waals surface area contributed by atoms with Crippen LogP contribution in [0.25, 0.3) is 5.76 Å². The summed E-state index contributed by atoms with van der Waals surface area (Å²) in [5.74, 6) is -1.10. The molecule has 7 heteroatoms. The van der Waals surface area contributed by atoms with Crippen LogP contribution in [0.15, 0.2) is 52.9 Å². The molecule has 1 atom stereocenters. The van der Waals surface area contributed by atoms with E-state index in [1.165, 1.54) is 23.6 Å². The maximum atomic E-state index is 12.7. The van der Waals surface area contributed by atoms with Gasteiger partial charge in [0, 0.05) is 24.5 Å². The predicted molar refractivity (Wildman–Crippen MR) is 95.1 cm³/mol. The highest BCUT2D eigenvalue weighted by Crippen LogP contribution is 2.39. The van der Waals surface area contributed by atoms with Gasteiger partial charge in [-0.05, 0) is 51.3 Å². The van der Waals surface area contributed by atoms with Crippen molar-refractivity contribution < 1.29 is 19.1 Å². The van der Waals surface area contributed by atoms with Crippen LogP contribution in [-0.4, -0.2) is 58.8 Å². The Balaban J connectivity index is 2.02. The molecule has 3 heterocycles. The molecule has 0 spiro atoms. The quantitative estimate of drug-likeness (QED) is 0.485. The lowest BCUT2D eigenvalue weighted by atomic mass is 10.00. The molecule has 0 unspecified atom stereocenters. The average molecular weight is 355 g/mol. The van der Waals surface area contributed by atoms with E-state index in [9.17, 15) is 14.7 Å². The number of furan rings is 1. The van der Waals surface area contributed by atoms with Crippen LogP contribution >= 0.6 is 0 Å². The van der Waals surface area contributed by atoms with E-state index in [1.807, 2.05) is 19.0 Å². The van der Waals surface area contributed by atoms with Gasteiger partial charge in [0.2, 0.25) is 0 Å². The Morgan fingerprint density at radius 1 is 1.27 bits per heavy atom. The summed E-state index contributed by atoms with van der Waals surface area (Å²) in [6.07, 6.45) is 5.22. The Kier molecular flexibility index (Phi) is 5.18. The number of rotatable bonds is 6. The van der Waals surface area contributed by atoms with Crippen molar-refractivity contribution in [2.24, 2.45) is 0 Å². The lowest BCUT2D eigenvalue weighted by molar-refractivity contribution is -0.140. The van der Waals surface area contributed by atoms with E-state index in [-0.39, 0.29) is 11.3 Å². The molecule has 2 aromatic heterocycles. The molecule has 26 heavy (non-hydrogen) atoms. The van der Waals surface area contributed by atoms with Crippen LogP contribution in [0.1, 0.15) is 23.8 Å². The van der Waals surface area contributed by atoms with Crippen LogP contribution in [0.2, 0.25) is 0 Å². The molecule has 1 amide bonds.